The van der Waals surface area contributed by atoms with E-state index in [1.807, 2.05) is 43.5 Å². The van der Waals surface area contributed by atoms with Crippen LogP contribution in [0, 0.1) is 6.92 Å². The van der Waals surface area contributed by atoms with Crippen LogP contribution in [0.5, 0.6) is 17.2 Å². The highest BCUT2D eigenvalue weighted by Crippen LogP contribution is 2.32. The van der Waals surface area contributed by atoms with Gasteiger partial charge in [-0.25, -0.2) is 4.98 Å². The summed E-state index contributed by atoms with van der Waals surface area (Å²) in [6.45, 7) is 5.41. The summed E-state index contributed by atoms with van der Waals surface area (Å²) in [5.74, 6) is 1.32. The average Bonchev–Trinajstić information content (AvgIpc) is 3.30. The molecule has 2 heterocycles. The molecule has 0 aliphatic carbocycles. The van der Waals surface area contributed by atoms with Crippen molar-refractivity contribution < 1.29 is 23.8 Å². The summed E-state index contributed by atoms with van der Waals surface area (Å²) in [5, 5.41) is 5.76. The first kappa shape index (κ1) is 24.3. The zero-order valence-electron chi connectivity index (χ0n) is 19.7. The molecule has 0 atom stereocenters. The van der Waals surface area contributed by atoms with Crippen LogP contribution < -0.4 is 19.5 Å². The molecule has 0 bridgehead atoms. The van der Waals surface area contributed by atoms with Gasteiger partial charge in [0, 0.05) is 35.3 Å². The monoisotopic (exact) mass is 493 g/mol. The van der Waals surface area contributed by atoms with Crippen LogP contribution in [0.2, 0.25) is 0 Å². The topological polar surface area (TPSA) is 90.0 Å². The van der Waals surface area contributed by atoms with Crippen LogP contribution in [0.4, 0.5) is 5.69 Å². The number of thiazole rings is 1. The number of aryl methyl sites for hydroxylation is 1. The highest BCUT2D eigenvalue weighted by molar-refractivity contribution is 7.09. The number of benzene rings is 2. The van der Waals surface area contributed by atoms with Gasteiger partial charge in [0.15, 0.2) is 11.5 Å². The molecule has 1 aliphatic rings. The SMILES string of the molecule is CCN(CC(=O)Nc1ccc2c(c1)OCCO2)C(=O)/C=C/c1ccccc1OCc1csc(C)n1. The molecule has 2 aromatic carbocycles. The zero-order valence-corrected chi connectivity index (χ0v) is 20.5. The molecule has 35 heavy (non-hydrogen) atoms. The molecule has 4 rings (SSSR count). The van der Waals surface area contributed by atoms with Gasteiger partial charge >= 0.3 is 0 Å². The molecule has 0 saturated carbocycles. The van der Waals surface area contributed by atoms with E-state index < -0.39 is 0 Å². The first-order valence-electron chi connectivity index (χ1n) is 11.3. The van der Waals surface area contributed by atoms with Gasteiger partial charge in [-0.05, 0) is 38.1 Å². The van der Waals surface area contributed by atoms with E-state index >= 15 is 0 Å². The number of aromatic nitrogens is 1. The molecule has 1 aromatic heterocycles. The third kappa shape index (κ3) is 6.60. The number of nitrogens with zero attached hydrogens (tertiary/aromatic N) is 2. The van der Waals surface area contributed by atoms with Gasteiger partial charge < -0.3 is 24.4 Å². The highest BCUT2D eigenvalue weighted by Gasteiger charge is 2.16. The smallest absolute Gasteiger partial charge is 0.247 e. The second kappa shape index (κ2) is 11.5. The van der Waals surface area contributed by atoms with E-state index in [1.54, 1.807) is 35.6 Å². The number of para-hydroxylation sites is 1. The van der Waals surface area contributed by atoms with E-state index in [0.717, 1.165) is 16.3 Å². The van der Waals surface area contributed by atoms with Gasteiger partial charge in [-0.1, -0.05) is 18.2 Å². The van der Waals surface area contributed by atoms with Crippen molar-refractivity contribution >= 4 is 34.9 Å². The number of likely N-dealkylation sites (N-methyl/N-ethyl adjacent to an activating group) is 1. The number of rotatable bonds is 9. The Morgan fingerprint density at radius 1 is 1.17 bits per heavy atom. The van der Waals surface area contributed by atoms with Gasteiger partial charge in [0.1, 0.15) is 32.1 Å². The predicted octanol–water partition coefficient (Wildman–Crippen LogP) is 4.30. The van der Waals surface area contributed by atoms with E-state index in [1.165, 1.54) is 11.0 Å². The second-order valence-corrected chi connectivity index (χ2v) is 8.84. The number of fused-ring (bicyclic) bond motifs is 1. The van der Waals surface area contributed by atoms with Crippen molar-refractivity contribution in [2.24, 2.45) is 0 Å². The molecule has 8 nitrogen and oxygen atoms in total. The summed E-state index contributed by atoms with van der Waals surface area (Å²) in [5.41, 5.74) is 2.22. The van der Waals surface area contributed by atoms with E-state index in [0.29, 0.717) is 49.3 Å². The highest BCUT2D eigenvalue weighted by atomic mass is 32.1. The number of hydrogen-bond acceptors (Lipinski definition) is 7. The molecular weight excluding hydrogens is 466 g/mol. The van der Waals surface area contributed by atoms with Crippen LogP contribution in [-0.4, -0.2) is 48.0 Å². The molecule has 0 unspecified atom stereocenters. The molecule has 1 aliphatic heterocycles. The maximum absolute atomic E-state index is 12.8. The first-order chi connectivity index (χ1) is 17.0. The Morgan fingerprint density at radius 2 is 1.97 bits per heavy atom. The van der Waals surface area contributed by atoms with Gasteiger partial charge in [0.05, 0.1) is 10.7 Å². The van der Waals surface area contributed by atoms with Crippen molar-refractivity contribution in [2.45, 2.75) is 20.5 Å². The fourth-order valence-electron chi connectivity index (χ4n) is 3.48. The molecule has 9 heteroatoms. The van der Waals surface area contributed by atoms with Gasteiger partial charge in [0.25, 0.3) is 0 Å². The molecule has 0 saturated heterocycles. The molecular formula is C26H27N3O5S. The Bertz CT molecular complexity index is 1220. The molecule has 0 radical (unpaired) electrons. The molecule has 2 amide bonds. The van der Waals surface area contributed by atoms with E-state index in [9.17, 15) is 9.59 Å². The summed E-state index contributed by atoms with van der Waals surface area (Å²) >= 11 is 1.57. The summed E-state index contributed by atoms with van der Waals surface area (Å²) in [6.07, 6.45) is 3.15. The van der Waals surface area contributed by atoms with Gasteiger partial charge in [-0.15, -0.1) is 11.3 Å². The minimum absolute atomic E-state index is 0.0740. The Kier molecular flexibility index (Phi) is 7.99. The summed E-state index contributed by atoms with van der Waals surface area (Å²) in [6, 6.07) is 12.7. The maximum atomic E-state index is 12.8. The summed E-state index contributed by atoms with van der Waals surface area (Å²) in [4.78, 5) is 31.2. The minimum atomic E-state index is -0.299. The number of ether oxygens (including phenoxy) is 3. The van der Waals surface area contributed by atoms with Crippen LogP contribution in [0.3, 0.4) is 0 Å². The van der Waals surface area contributed by atoms with Crippen molar-refractivity contribution in [1.29, 1.82) is 0 Å². The number of hydrogen-bond donors (Lipinski definition) is 1. The van der Waals surface area contributed by atoms with Gasteiger partial charge in [-0.3, -0.25) is 9.59 Å². The van der Waals surface area contributed by atoms with E-state index in [4.69, 9.17) is 14.2 Å². The third-order valence-electron chi connectivity index (χ3n) is 5.22. The quantitative estimate of drug-likeness (QED) is 0.447. The average molecular weight is 494 g/mol. The number of carbonyl (C=O) groups excluding carboxylic acids is 2. The number of amides is 2. The lowest BCUT2D eigenvalue weighted by Gasteiger charge is -2.20. The van der Waals surface area contributed by atoms with E-state index in [-0.39, 0.29) is 18.4 Å². The lowest BCUT2D eigenvalue weighted by atomic mass is 10.2. The number of nitrogens with one attached hydrogen (secondary N) is 1. The second-order valence-electron chi connectivity index (χ2n) is 7.78. The van der Waals surface area contributed by atoms with Crippen molar-refractivity contribution in [3.8, 4) is 17.2 Å². The van der Waals surface area contributed by atoms with Crippen molar-refractivity contribution in [2.75, 3.05) is 31.6 Å². The van der Waals surface area contributed by atoms with Crippen LogP contribution >= 0.6 is 11.3 Å². The summed E-state index contributed by atoms with van der Waals surface area (Å²) in [7, 11) is 0. The largest absolute Gasteiger partial charge is 0.487 e. The molecule has 182 valence electrons. The molecule has 3 aromatic rings. The molecule has 0 spiro atoms. The van der Waals surface area contributed by atoms with Gasteiger partial charge in [-0.2, -0.15) is 0 Å². The number of anilines is 1. The summed E-state index contributed by atoms with van der Waals surface area (Å²) < 4.78 is 17.0. The van der Waals surface area contributed by atoms with Crippen LogP contribution in [0.15, 0.2) is 53.9 Å². The van der Waals surface area contributed by atoms with Gasteiger partial charge in [0.2, 0.25) is 11.8 Å². The third-order valence-corrected chi connectivity index (χ3v) is 6.04. The standard InChI is InChI=1S/C26H27N3O5S/c1-3-29(15-25(30)28-20-9-10-23-24(14-20)33-13-12-32-23)26(31)11-8-19-6-4-5-7-22(19)34-16-21-17-35-18(2)27-21/h4-11,14,17H,3,12-13,15-16H2,1-2H3,(H,28,30)/b11-8+. The Balaban J connectivity index is 1.35. The van der Waals surface area contributed by atoms with Crippen LogP contribution in [0.25, 0.3) is 6.08 Å². The Morgan fingerprint density at radius 3 is 2.74 bits per heavy atom. The minimum Gasteiger partial charge on any atom is -0.487 e. The number of carbonyl (C=O) groups is 2. The van der Waals surface area contributed by atoms with E-state index in [2.05, 4.69) is 10.3 Å². The Labute approximate surface area is 208 Å². The zero-order chi connectivity index (χ0) is 24.6. The first-order valence-corrected chi connectivity index (χ1v) is 12.2. The molecule has 1 N–H and O–H groups in total. The fraction of sp³-hybridized carbons (Fsp3) is 0.269. The molecule has 0 fully saturated rings. The van der Waals surface area contributed by atoms with Crippen molar-refractivity contribution in [3.63, 3.8) is 0 Å². The van der Waals surface area contributed by atoms with Crippen molar-refractivity contribution in [3.05, 3.63) is 70.2 Å². The van der Waals surface area contributed by atoms with Crippen LogP contribution in [-0.2, 0) is 16.2 Å². The lowest BCUT2D eigenvalue weighted by molar-refractivity contribution is -0.130. The Hall–Kier alpha value is -3.85. The van der Waals surface area contributed by atoms with Crippen molar-refractivity contribution in [1.82, 2.24) is 9.88 Å². The fourth-order valence-corrected chi connectivity index (χ4v) is 4.08. The predicted molar refractivity (Wildman–Crippen MR) is 135 cm³/mol. The van der Waals surface area contributed by atoms with Crippen LogP contribution in [0.1, 0.15) is 23.2 Å². The normalized spacial score (nSPS) is 12.4. The maximum Gasteiger partial charge on any atom is 0.247 e. The lowest BCUT2D eigenvalue weighted by Crippen LogP contribution is -2.36.